The molecule has 2 fully saturated rings. The Labute approximate surface area is 199 Å². The molecule has 0 bridgehead atoms. The second-order valence-electron chi connectivity index (χ2n) is 13.0. The molecule has 1 amide bonds. The van der Waals surface area contributed by atoms with Gasteiger partial charge in [-0.3, -0.25) is 19.5 Å². The van der Waals surface area contributed by atoms with Crippen molar-refractivity contribution in [2.45, 2.75) is 104 Å². The average molecular weight is 452 g/mol. The Hall–Kier alpha value is -0.690. The second-order valence-corrected chi connectivity index (χ2v) is 13.0. The molecule has 188 valence electrons. The van der Waals surface area contributed by atoms with Crippen LogP contribution in [0, 0.1) is 0 Å². The van der Waals surface area contributed by atoms with E-state index in [0.29, 0.717) is 18.6 Å². The van der Waals surface area contributed by atoms with Crippen molar-refractivity contribution in [2.75, 3.05) is 59.9 Å². The Kier molecular flexibility index (Phi) is 8.86. The summed E-state index contributed by atoms with van der Waals surface area (Å²) in [5.74, 6) is 0.289. The molecular formula is C26H53N5O. The first kappa shape index (κ1) is 27.6. The molecule has 0 saturated carbocycles. The number of hydrogen-bond donors (Lipinski definition) is 0. The van der Waals surface area contributed by atoms with Crippen molar-refractivity contribution in [3.8, 4) is 0 Å². The standard InChI is InChI=1S/C26H53N5O/c1-21(2)28-14-16-31(23(32)20-28)26(8,9)13-12-25(6,7)29-15-17-30(24(3,4)5)22(19-29)18-27(10)11/h21-22H,12-20H2,1-11H3. The maximum atomic E-state index is 12.9. The summed E-state index contributed by atoms with van der Waals surface area (Å²) in [5.41, 5.74) is 0.208. The fourth-order valence-electron chi connectivity index (χ4n) is 5.54. The van der Waals surface area contributed by atoms with E-state index < -0.39 is 0 Å². The summed E-state index contributed by atoms with van der Waals surface area (Å²) in [6.07, 6.45) is 2.13. The predicted octanol–water partition coefficient (Wildman–Crippen LogP) is 3.22. The highest BCUT2D eigenvalue weighted by Crippen LogP contribution is 2.32. The summed E-state index contributed by atoms with van der Waals surface area (Å²) in [6.45, 7) is 27.5. The molecule has 32 heavy (non-hydrogen) atoms. The zero-order valence-electron chi connectivity index (χ0n) is 23.2. The lowest BCUT2D eigenvalue weighted by Gasteiger charge is -2.53. The fourth-order valence-corrected chi connectivity index (χ4v) is 5.54. The summed E-state index contributed by atoms with van der Waals surface area (Å²) in [4.78, 5) is 25.1. The summed E-state index contributed by atoms with van der Waals surface area (Å²) < 4.78 is 0. The molecule has 1 unspecified atom stereocenters. The monoisotopic (exact) mass is 451 g/mol. The maximum absolute atomic E-state index is 12.9. The van der Waals surface area contributed by atoms with Gasteiger partial charge in [0, 0.05) is 68.0 Å². The minimum Gasteiger partial charge on any atom is -0.335 e. The molecule has 2 aliphatic rings. The first-order valence-corrected chi connectivity index (χ1v) is 12.8. The highest BCUT2D eigenvalue weighted by molar-refractivity contribution is 5.79. The van der Waals surface area contributed by atoms with E-state index in [-0.39, 0.29) is 22.5 Å². The minimum absolute atomic E-state index is 0.103. The highest BCUT2D eigenvalue weighted by atomic mass is 16.2. The van der Waals surface area contributed by atoms with E-state index >= 15 is 0 Å². The quantitative estimate of drug-likeness (QED) is 0.566. The van der Waals surface area contributed by atoms with Crippen LogP contribution in [0.4, 0.5) is 0 Å². The molecule has 6 nitrogen and oxygen atoms in total. The molecular weight excluding hydrogens is 398 g/mol. The lowest BCUT2D eigenvalue weighted by atomic mass is 9.85. The van der Waals surface area contributed by atoms with Gasteiger partial charge < -0.3 is 9.80 Å². The molecule has 0 aromatic rings. The predicted molar refractivity (Wildman–Crippen MR) is 136 cm³/mol. The highest BCUT2D eigenvalue weighted by Gasteiger charge is 2.41. The lowest BCUT2D eigenvalue weighted by Crippen LogP contribution is -2.65. The zero-order valence-corrected chi connectivity index (χ0v) is 23.2. The topological polar surface area (TPSA) is 33.3 Å². The van der Waals surface area contributed by atoms with Crippen LogP contribution in [0.5, 0.6) is 0 Å². The molecule has 6 heteroatoms. The summed E-state index contributed by atoms with van der Waals surface area (Å²) >= 11 is 0. The third-order valence-corrected chi connectivity index (χ3v) is 7.84. The van der Waals surface area contributed by atoms with Crippen molar-refractivity contribution < 1.29 is 4.79 Å². The molecule has 2 saturated heterocycles. The van der Waals surface area contributed by atoms with Gasteiger partial charge in [-0.15, -0.1) is 0 Å². The molecule has 0 radical (unpaired) electrons. The molecule has 2 aliphatic heterocycles. The van der Waals surface area contributed by atoms with E-state index in [1.165, 1.54) is 0 Å². The first-order valence-electron chi connectivity index (χ1n) is 12.8. The zero-order chi connectivity index (χ0) is 24.5. The molecule has 0 spiro atoms. The summed E-state index contributed by atoms with van der Waals surface area (Å²) in [6, 6.07) is 0.974. The van der Waals surface area contributed by atoms with Gasteiger partial charge in [0.05, 0.1) is 6.54 Å². The van der Waals surface area contributed by atoms with E-state index in [4.69, 9.17) is 0 Å². The SMILES string of the molecule is CC(C)N1CCN(C(C)(C)CCC(C)(C)N2CCN(C(C)(C)C)C(CN(C)C)C2)C(=O)C1. The van der Waals surface area contributed by atoms with E-state index in [2.05, 4.69) is 101 Å². The van der Waals surface area contributed by atoms with Gasteiger partial charge in [0.15, 0.2) is 0 Å². The Morgan fingerprint density at radius 2 is 1.50 bits per heavy atom. The number of hydrogen-bond acceptors (Lipinski definition) is 5. The van der Waals surface area contributed by atoms with Crippen LogP contribution in [0.2, 0.25) is 0 Å². The van der Waals surface area contributed by atoms with Crippen LogP contribution in [0.3, 0.4) is 0 Å². The number of likely N-dealkylation sites (N-methyl/N-ethyl adjacent to an activating group) is 1. The van der Waals surface area contributed by atoms with Gasteiger partial charge in [0.2, 0.25) is 5.91 Å². The molecule has 0 N–H and O–H groups in total. The van der Waals surface area contributed by atoms with Crippen LogP contribution >= 0.6 is 0 Å². The Bertz CT molecular complexity index is 622. The van der Waals surface area contributed by atoms with Crippen molar-refractivity contribution in [3.05, 3.63) is 0 Å². The van der Waals surface area contributed by atoms with Crippen molar-refractivity contribution >= 4 is 5.91 Å². The van der Waals surface area contributed by atoms with Gasteiger partial charge in [-0.1, -0.05) is 0 Å². The second kappa shape index (κ2) is 10.3. The average Bonchev–Trinajstić information content (AvgIpc) is 2.64. The minimum atomic E-state index is -0.103. The Morgan fingerprint density at radius 1 is 0.906 bits per heavy atom. The van der Waals surface area contributed by atoms with Gasteiger partial charge in [0.25, 0.3) is 0 Å². The number of carbonyl (C=O) groups excluding carboxylic acids is 1. The molecule has 2 rings (SSSR count). The van der Waals surface area contributed by atoms with E-state index in [0.717, 1.165) is 52.1 Å². The molecule has 0 aromatic heterocycles. The maximum Gasteiger partial charge on any atom is 0.237 e. The normalized spacial score (nSPS) is 23.6. The van der Waals surface area contributed by atoms with E-state index in [9.17, 15) is 4.79 Å². The Morgan fingerprint density at radius 3 is 2.00 bits per heavy atom. The number of amides is 1. The molecule has 0 aromatic carbocycles. The van der Waals surface area contributed by atoms with Crippen LogP contribution in [0.1, 0.15) is 75.2 Å². The van der Waals surface area contributed by atoms with Crippen LogP contribution in [0.15, 0.2) is 0 Å². The molecule has 0 aliphatic carbocycles. The van der Waals surface area contributed by atoms with Gasteiger partial charge >= 0.3 is 0 Å². The number of carbonyl (C=O) groups is 1. The van der Waals surface area contributed by atoms with Crippen LogP contribution < -0.4 is 0 Å². The molecule has 2 heterocycles. The van der Waals surface area contributed by atoms with E-state index in [1.54, 1.807) is 0 Å². The molecule has 1 atom stereocenters. The van der Waals surface area contributed by atoms with Crippen LogP contribution in [-0.2, 0) is 4.79 Å². The Balaban J connectivity index is 2.02. The summed E-state index contributed by atoms with van der Waals surface area (Å²) in [7, 11) is 4.37. The van der Waals surface area contributed by atoms with Gasteiger partial charge in [-0.25, -0.2) is 0 Å². The van der Waals surface area contributed by atoms with Crippen molar-refractivity contribution in [3.63, 3.8) is 0 Å². The van der Waals surface area contributed by atoms with Gasteiger partial charge in [0.1, 0.15) is 0 Å². The van der Waals surface area contributed by atoms with Crippen LogP contribution in [0.25, 0.3) is 0 Å². The number of rotatable bonds is 8. The fraction of sp³-hybridized carbons (Fsp3) is 0.962. The third kappa shape index (κ3) is 6.91. The van der Waals surface area contributed by atoms with Gasteiger partial charge in [-0.05, 0) is 89.3 Å². The van der Waals surface area contributed by atoms with Crippen molar-refractivity contribution in [1.29, 1.82) is 0 Å². The van der Waals surface area contributed by atoms with Crippen molar-refractivity contribution in [1.82, 2.24) is 24.5 Å². The van der Waals surface area contributed by atoms with E-state index in [1.807, 2.05) is 0 Å². The smallest absolute Gasteiger partial charge is 0.237 e. The first-order chi connectivity index (χ1) is 14.5. The largest absolute Gasteiger partial charge is 0.335 e. The van der Waals surface area contributed by atoms with Crippen molar-refractivity contribution in [2.24, 2.45) is 0 Å². The number of nitrogens with zero attached hydrogens (tertiary/aromatic N) is 5. The van der Waals surface area contributed by atoms with Gasteiger partial charge in [-0.2, -0.15) is 0 Å². The third-order valence-electron chi connectivity index (χ3n) is 7.84. The van der Waals surface area contributed by atoms with Crippen LogP contribution in [-0.4, -0.2) is 119 Å². The number of piperazine rings is 2. The summed E-state index contributed by atoms with van der Waals surface area (Å²) in [5, 5.41) is 0. The lowest BCUT2D eigenvalue weighted by molar-refractivity contribution is -0.143.